The molecule has 8 heteroatoms. The predicted molar refractivity (Wildman–Crippen MR) is 88.6 cm³/mol. The average Bonchev–Trinajstić information content (AvgIpc) is 2.42. The van der Waals surface area contributed by atoms with Crippen molar-refractivity contribution in [3.8, 4) is 0 Å². The van der Waals surface area contributed by atoms with Crippen LogP contribution in [0, 0.1) is 0 Å². The Labute approximate surface area is 138 Å². The van der Waals surface area contributed by atoms with E-state index in [-0.39, 0.29) is 18.1 Å². The maximum Gasteiger partial charge on any atom is 0.410 e. The van der Waals surface area contributed by atoms with Crippen LogP contribution in [-0.2, 0) is 4.74 Å². The van der Waals surface area contributed by atoms with E-state index in [0.29, 0.717) is 18.9 Å². The maximum absolute atomic E-state index is 12.0. The highest BCUT2D eigenvalue weighted by molar-refractivity contribution is 9.10. The van der Waals surface area contributed by atoms with Crippen molar-refractivity contribution in [3.63, 3.8) is 0 Å². The molecule has 0 aromatic carbocycles. The fourth-order valence-corrected chi connectivity index (χ4v) is 2.51. The zero-order chi connectivity index (χ0) is 16.3. The molecule has 2 heterocycles. The Morgan fingerprint density at radius 1 is 1.45 bits per heavy atom. The highest BCUT2D eigenvalue weighted by Gasteiger charge is 2.27. The van der Waals surface area contributed by atoms with Gasteiger partial charge in [0.1, 0.15) is 11.4 Å². The minimum absolute atomic E-state index is 0.233. The second-order valence-corrected chi connectivity index (χ2v) is 7.17. The first-order valence-electron chi connectivity index (χ1n) is 7.27. The van der Waals surface area contributed by atoms with Crippen molar-refractivity contribution in [2.45, 2.75) is 45.3 Å². The summed E-state index contributed by atoms with van der Waals surface area (Å²) in [5.41, 5.74) is 5.14. The molecule has 1 fully saturated rings. The van der Waals surface area contributed by atoms with E-state index in [4.69, 9.17) is 10.5 Å². The summed E-state index contributed by atoms with van der Waals surface area (Å²) in [7, 11) is 0. The lowest BCUT2D eigenvalue weighted by Crippen LogP contribution is -2.44. The van der Waals surface area contributed by atoms with Gasteiger partial charge in [-0.2, -0.15) is 4.98 Å². The lowest BCUT2D eigenvalue weighted by Gasteiger charge is -2.34. The van der Waals surface area contributed by atoms with Crippen LogP contribution in [0.25, 0.3) is 0 Å². The molecule has 0 unspecified atom stereocenters. The Morgan fingerprint density at radius 3 is 2.68 bits per heavy atom. The zero-order valence-electron chi connectivity index (χ0n) is 13.1. The molecule has 0 atom stereocenters. The van der Waals surface area contributed by atoms with Crippen LogP contribution in [0.2, 0.25) is 0 Å². The van der Waals surface area contributed by atoms with E-state index in [1.807, 2.05) is 20.8 Å². The number of nitrogens with two attached hydrogens (primary N) is 1. The van der Waals surface area contributed by atoms with Crippen LogP contribution >= 0.6 is 15.9 Å². The summed E-state index contributed by atoms with van der Waals surface area (Å²) < 4.78 is 6.16. The number of amides is 1. The van der Waals surface area contributed by atoms with Gasteiger partial charge in [0.05, 0.1) is 4.47 Å². The van der Waals surface area contributed by atoms with Crippen molar-refractivity contribution in [2.75, 3.05) is 24.1 Å². The fourth-order valence-electron chi connectivity index (χ4n) is 2.21. The minimum Gasteiger partial charge on any atom is -0.444 e. The van der Waals surface area contributed by atoms with Gasteiger partial charge in [-0.15, -0.1) is 0 Å². The van der Waals surface area contributed by atoms with Crippen molar-refractivity contribution in [1.29, 1.82) is 0 Å². The van der Waals surface area contributed by atoms with Gasteiger partial charge in [-0.25, -0.2) is 9.78 Å². The molecular formula is C14H22BrN5O2. The molecular weight excluding hydrogens is 350 g/mol. The molecule has 1 saturated heterocycles. The molecule has 1 aliphatic rings. The first kappa shape index (κ1) is 16.8. The molecule has 122 valence electrons. The SMILES string of the molecule is CC(C)(C)OC(=O)N1CCC(Nc2nc(N)ncc2Br)CC1. The summed E-state index contributed by atoms with van der Waals surface area (Å²) in [4.78, 5) is 21.8. The van der Waals surface area contributed by atoms with Crippen molar-refractivity contribution >= 4 is 33.8 Å². The third kappa shape index (κ3) is 4.72. The number of carbonyl (C=O) groups is 1. The van der Waals surface area contributed by atoms with Gasteiger partial charge >= 0.3 is 6.09 Å². The van der Waals surface area contributed by atoms with Crippen LogP contribution in [0.15, 0.2) is 10.7 Å². The average molecular weight is 372 g/mol. The Hall–Kier alpha value is -1.57. The Kier molecular flexibility index (Phi) is 5.10. The van der Waals surface area contributed by atoms with Gasteiger partial charge in [0.15, 0.2) is 0 Å². The standard InChI is InChI=1S/C14H22BrN5O2/c1-14(2,3)22-13(21)20-6-4-9(5-7-20)18-11-10(15)8-17-12(16)19-11/h8-9H,4-7H2,1-3H3,(H3,16,17,18,19). The third-order valence-electron chi connectivity index (χ3n) is 3.25. The predicted octanol–water partition coefficient (Wildman–Crippen LogP) is 2.63. The quantitative estimate of drug-likeness (QED) is 0.829. The lowest BCUT2D eigenvalue weighted by atomic mass is 10.1. The van der Waals surface area contributed by atoms with Crippen molar-refractivity contribution in [2.24, 2.45) is 0 Å². The van der Waals surface area contributed by atoms with Crippen molar-refractivity contribution < 1.29 is 9.53 Å². The van der Waals surface area contributed by atoms with Crippen LogP contribution in [0.5, 0.6) is 0 Å². The molecule has 7 nitrogen and oxygen atoms in total. The van der Waals surface area contributed by atoms with Crippen LogP contribution in [-0.4, -0.2) is 45.7 Å². The van der Waals surface area contributed by atoms with E-state index in [1.165, 1.54) is 0 Å². The number of nitrogens with one attached hydrogen (secondary N) is 1. The maximum atomic E-state index is 12.0. The van der Waals surface area contributed by atoms with Crippen LogP contribution in [0.3, 0.4) is 0 Å². The highest BCUT2D eigenvalue weighted by atomic mass is 79.9. The first-order chi connectivity index (χ1) is 10.2. The Balaban J connectivity index is 1.87. The number of nitrogens with zero attached hydrogens (tertiary/aromatic N) is 3. The largest absolute Gasteiger partial charge is 0.444 e. The van der Waals surface area contributed by atoms with E-state index in [0.717, 1.165) is 17.3 Å². The smallest absolute Gasteiger partial charge is 0.410 e. The Morgan fingerprint density at radius 2 is 2.09 bits per heavy atom. The highest BCUT2D eigenvalue weighted by Crippen LogP contribution is 2.23. The van der Waals surface area contributed by atoms with Crippen LogP contribution in [0.4, 0.5) is 16.6 Å². The fraction of sp³-hybridized carbons (Fsp3) is 0.643. The summed E-state index contributed by atoms with van der Waals surface area (Å²) in [6, 6.07) is 0.240. The van der Waals surface area contributed by atoms with Gasteiger partial charge in [0.25, 0.3) is 0 Å². The molecule has 0 radical (unpaired) electrons. The van der Waals surface area contributed by atoms with Gasteiger partial charge in [-0.05, 0) is 49.5 Å². The number of halogens is 1. The second-order valence-electron chi connectivity index (χ2n) is 6.31. The van der Waals surface area contributed by atoms with Gasteiger partial charge in [0.2, 0.25) is 5.95 Å². The van der Waals surface area contributed by atoms with Gasteiger partial charge in [0, 0.05) is 25.3 Å². The summed E-state index contributed by atoms with van der Waals surface area (Å²) >= 11 is 3.40. The number of hydrogen-bond donors (Lipinski definition) is 2. The van der Waals surface area contributed by atoms with Crippen LogP contribution < -0.4 is 11.1 Å². The number of anilines is 2. The molecule has 3 N–H and O–H groups in total. The summed E-state index contributed by atoms with van der Waals surface area (Å²) in [6.07, 6.45) is 3.03. The van der Waals surface area contributed by atoms with Crippen molar-refractivity contribution in [1.82, 2.24) is 14.9 Å². The first-order valence-corrected chi connectivity index (χ1v) is 8.06. The van der Waals surface area contributed by atoms with Gasteiger partial charge < -0.3 is 20.7 Å². The van der Waals surface area contributed by atoms with E-state index in [2.05, 4.69) is 31.2 Å². The minimum atomic E-state index is -0.463. The number of piperidine rings is 1. The van der Waals surface area contributed by atoms with E-state index in [9.17, 15) is 4.79 Å². The van der Waals surface area contributed by atoms with Gasteiger partial charge in [-0.3, -0.25) is 0 Å². The number of likely N-dealkylation sites (tertiary alicyclic amines) is 1. The lowest BCUT2D eigenvalue weighted by molar-refractivity contribution is 0.0210. The summed E-state index contributed by atoms with van der Waals surface area (Å²) in [5.74, 6) is 0.917. The number of hydrogen-bond acceptors (Lipinski definition) is 6. The molecule has 2 rings (SSSR count). The molecule has 1 aromatic heterocycles. The third-order valence-corrected chi connectivity index (χ3v) is 3.83. The number of ether oxygens (including phenoxy) is 1. The molecule has 0 saturated carbocycles. The summed E-state index contributed by atoms with van der Waals surface area (Å²) in [5, 5.41) is 3.34. The normalized spacial score (nSPS) is 16.5. The number of nitrogen functional groups attached to an aromatic ring is 1. The molecule has 22 heavy (non-hydrogen) atoms. The molecule has 0 spiro atoms. The number of rotatable bonds is 2. The van der Waals surface area contributed by atoms with Crippen LogP contribution in [0.1, 0.15) is 33.6 Å². The second kappa shape index (κ2) is 6.68. The molecule has 1 aromatic rings. The van der Waals surface area contributed by atoms with E-state index in [1.54, 1.807) is 11.1 Å². The molecule has 0 bridgehead atoms. The van der Waals surface area contributed by atoms with Gasteiger partial charge in [-0.1, -0.05) is 0 Å². The monoisotopic (exact) mass is 371 g/mol. The molecule has 1 amide bonds. The van der Waals surface area contributed by atoms with E-state index >= 15 is 0 Å². The number of aromatic nitrogens is 2. The summed E-state index contributed by atoms with van der Waals surface area (Å²) in [6.45, 7) is 6.93. The van der Waals surface area contributed by atoms with E-state index < -0.39 is 5.60 Å². The number of carbonyl (C=O) groups excluding carboxylic acids is 1. The molecule has 0 aliphatic carbocycles. The topological polar surface area (TPSA) is 93.4 Å². The molecule has 1 aliphatic heterocycles. The van der Waals surface area contributed by atoms with Crippen molar-refractivity contribution in [3.05, 3.63) is 10.7 Å². The Bertz CT molecular complexity index is 539. The zero-order valence-corrected chi connectivity index (χ0v) is 14.7.